The second-order valence-electron chi connectivity index (χ2n) is 6.32. The van der Waals surface area contributed by atoms with Crippen molar-refractivity contribution in [3.05, 3.63) is 64.7 Å². The third-order valence-corrected chi connectivity index (χ3v) is 5.42. The highest BCUT2D eigenvalue weighted by Crippen LogP contribution is 2.22. The second kappa shape index (κ2) is 10.4. The van der Waals surface area contributed by atoms with Crippen LogP contribution in [0, 0.1) is 6.92 Å². The number of halogens is 1. The number of hydrogen-bond acceptors (Lipinski definition) is 3. The predicted molar refractivity (Wildman–Crippen MR) is 112 cm³/mol. The molecule has 0 spiro atoms. The molecule has 1 N–H and O–H groups in total. The summed E-state index contributed by atoms with van der Waals surface area (Å²) in [6.45, 7) is 6.60. The van der Waals surface area contributed by atoms with Gasteiger partial charge in [-0.25, -0.2) is 0 Å². The number of hydrogen-bond donors (Lipinski definition) is 1. The number of rotatable bonds is 8. The van der Waals surface area contributed by atoms with E-state index in [1.54, 1.807) is 24.0 Å². The van der Waals surface area contributed by atoms with E-state index >= 15 is 0 Å². The Morgan fingerprint density at radius 2 is 1.74 bits per heavy atom. The second-order valence-corrected chi connectivity index (χ2v) is 7.81. The minimum absolute atomic E-state index is 0.0747. The number of thioether (sulfide) groups is 1. The summed E-state index contributed by atoms with van der Waals surface area (Å²) in [5.41, 5.74) is 2.16. The van der Waals surface area contributed by atoms with Crippen LogP contribution < -0.4 is 5.32 Å². The van der Waals surface area contributed by atoms with Crippen molar-refractivity contribution in [2.45, 2.75) is 38.3 Å². The van der Waals surface area contributed by atoms with E-state index in [0.29, 0.717) is 18.1 Å². The lowest BCUT2D eigenvalue weighted by molar-refractivity contribution is -0.138. The Morgan fingerprint density at radius 3 is 2.33 bits per heavy atom. The molecule has 0 aliphatic heterocycles. The van der Waals surface area contributed by atoms with E-state index in [1.807, 2.05) is 50.2 Å². The number of nitrogens with one attached hydrogen (secondary N) is 1. The molecule has 0 unspecified atom stereocenters. The van der Waals surface area contributed by atoms with Crippen LogP contribution in [-0.4, -0.2) is 35.1 Å². The van der Waals surface area contributed by atoms with E-state index in [1.165, 1.54) is 11.8 Å². The van der Waals surface area contributed by atoms with Crippen LogP contribution in [0.15, 0.2) is 53.4 Å². The van der Waals surface area contributed by atoms with Crippen LogP contribution in [0.5, 0.6) is 0 Å². The number of benzene rings is 2. The average Bonchev–Trinajstić information content (AvgIpc) is 2.66. The van der Waals surface area contributed by atoms with Crippen molar-refractivity contribution in [2.24, 2.45) is 0 Å². The first-order chi connectivity index (χ1) is 12.9. The van der Waals surface area contributed by atoms with Crippen molar-refractivity contribution in [1.29, 1.82) is 0 Å². The zero-order valence-corrected chi connectivity index (χ0v) is 17.4. The molecule has 0 aromatic heterocycles. The van der Waals surface area contributed by atoms with Gasteiger partial charge in [0, 0.05) is 23.0 Å². The van der Waals surface area contributed by atoms with Crippen LogP contribution in [0.4, 0.5) is 0 Å². The van der Waals surface area contributed by atoms with Gasteiger partial charge in [-0.2, -0.15) is 0 Å². The fourth-order valence-corrected chi connectivity index (χ4v) is 3.46. The third-order valence-electron chi connectivity index (χ3n) is 4.17. The summed E-state index contributed by atoms with van der Waals surface area (Å²) >= 11 is 7.34. The third kappa shape index (κ3) is 6.60. The maximum absolute atomic E-state index is 12.9. The Bertz CT molecular complexity index is 763. The van der Waals surface area contributed by atoms with Gasteiger partial charge in [0.2, 0.25) is 11.8 Å². The number of likely N-dealkylation sites (N-methyl/N-ethyl adjacent to an activating group) is 1. The Labute approximate surface area is 170 Å². The van der Waals surface area contributed by atoms with E-state index in [2.05, 4.69) is 5.32 Å². The van der Waals surface area contributed by atoms with Gasteiger partial charge in [-0.05, 0) is 50.6 Å². The van der Waals surface area contributed by atoms with E-state index in [-0.39, 0.29) is 17.6 Å². The summed E-state index contributed by atoms with van der Waals surface area (Å²) in [4.78, 5) is 27.8. The van der Waals surface area contributed by atoms with Crippen molar-refractivity contribution in [3.63, 3.8) is 0 Å². The molecule has 0 aliphatic rings. The zero-order valence-electron chi connectivity index (χ0n) is 15.9. The average molecular weight is 405 g/mol. The molecule has 0 fully saturated rings. The molecule has 0 bridgehead atoms. The molecular weight excluding hydrogens is 380 g/mol. The van der Waals surface area contributed by atoms with Crippen LogP contribution in [-0.2, 0) is 16.1 Å². The SMILES string of the molecule is CCNC(=O)[C@H](C)N(Cc1ccc(C)cc1)C(=O)CSc1ccc(Cl)cc1. The topological polar surface area (TPSA) is 49.4 Å². The first-order valence-corrected chi connectivity index (χ1v) is 10.3. The first-order valence-electron chi connectivity index (χ1n) is 8.91. The lowest BCUT2D eigenvalue weighted by Gasteiger charge is -2.28. The molecule has 0 saturated carbocycles. The van der Waals surface area contributed by atoms with Gasteiger partial charge in [-0.3, -0.25) is 9.59 Å². The first kappa shape index (κ1) is 21.3. The monoisotopic (exact) mass is 404 g/mol. The zero-order chi connectivity index (χ0) is 19.8. The fourth-order valence-electron chi connectivity index (χ4n) is 2.55. The normalized spacial score (nSPS) is 11.7. The largest absolute Gasteiger partial charge is 0.355 e. The van der Waals surface area contributed by atoms with Gasteiger partial charge in [-0.1, -0.05) is 41.4 Å². The summed E-state index contributed by atoms with van der Waals surface area (Å²) in [6, 6.07) is 14.8. The maximum Gasteiger partial charge on any atom is 0.242 e. The summed E-state index contributed by atoms with van der Waals surface area (Å²) in [5, 5.41) is 3.46. The summed E-state index contributed by atoms with van der Waals surface area (Å²) < 4.78 is 0. The highest BCUT2D eigenvalue weighted by Gasteiger charge is 2.25. The predicted octanol–water partition coefficient (Wildman–Crippen LogP) is 4.29. The van der Waals surface area contributed by atoms with Crippen LogP contribution in [0.2, 0.25) is 5.02 Å². The number of aryl methyl sites for hydroxylation is 1. The number of carbonyl (C=O) groups excluding carboxylic acids is 2. The molecule has 144 valence electrons. The molecule has 2 amide bonds. The molecule has 2 aromatic rings. The number of nitrogens with zero attached hydrogens (tertiary/aromatic N) is 1. The van der Waals surface area contributed by atoms with Gasteiger partial charge >= 0.3 is 0 Å². The molecule has 2 rings (SSSR count). The van der Waals surface area contributed by atoms with Crippen molar-refractivity contribution >= 4 is 35.2 Å². The molecule has 4 nitrogen and oxygen atoms in total. The van der Waals surface area contributed by atoms with E-state index in [9.17, 15) is 9.59 Å². The minimum Gasteiger partial charge on any atom is -0.355 e. The Hall–Kier alpha value is -1.98. The van der Waals surface area contributed by atoms with Crippen molar-refractivity contribution in [2.75, 3.05) is 12.3 Å². The van der Waals surface area contributed by atoms with Gasteiger partial charge in [-0.15, -0.1) is 11.8 Å². The molecule has 1 atom stereocenters. The summed E-state index contributed by atoms with van der Waals surface area (Å²) in [5.74, 6) is 0.0424. The molecule has 2 aromatic carbocycles. The molecule has 6 heteroatoms. The van der Waals surface area contributed by atoms with Crippen LogP contribution in [0.3, 0.4) is 0 Å². The fraction of sp³-hybridized carbons (Fsp3) is 0.333. The number of carbonyl (C=O) groups is 2. The Balaban J connectivity index is 2.11. The lowest BCUT2D eigenvalue weighted by atomic mass is 10.1. The molecule has 0 heterocycles. The van der Waals surface area contributed by atoms with Gasteiger partial charge in [0.25, 0.3) is 0 Å². The standard InChI is InChI=1S/C21H25ClN2O2S/c1-4-23-21(26)16(3)24(13-17-7-5-15(2)6-8-17)20(25)14-27-19-11-9-18(22)10-12-19/h5-12,16H,4,13-14H2,1-3H3,(H,23,26)/t16-/m0/s1. The van der Waals surface area contributed by atoms with Crippen LogP contribution in [0.25, 0.3) is 0 Å². The highest BCUT2D eigenvalue weighted by atomic mass is 35.5. The highest BCUT2D eigenvalue weighted by molar-refractivity contribution is 8.00. The summed E-state index contributed by atoms with van der Waals surface area (Å²) in [7, 11) is 0. The summed E-state index contributed by atoms with van der Waals surface area (Å²) in [6.07, 6.45) is 0. The minimum atomic E-state index is -0.537. The van der Waals surface area contributed by atoms with Gasteiger partial charge < -0.3 is 10.2 Å². The van der Waals surface area contributed by atoms with E-state index in [4.69, 9.17) is 11.6 Å². The van der Waals surface area contributed by atoms with Gasteiger partial charge in [0.1, 0.15) is 6.04 Å². The van der Waals surface area contributed by atoms with Gasteiger partial charge in [0.05, 0.1) is 5.75 Å². The van der Waals surface area contributed by atoms with Crippen molar-refractivity contribution in [3.8, 4) is 0 Å². The molecule has 0 radical (unpaired) electrons. The van der Waals surface area contributed by atoms with Crippen molar-refractivity contribution < 1.29 is 9.59 Å². The smallest absolute Gasteiger partial charge is 0.242 e. The quantitative estimate of drug-likeness (QED) is 0.667. The molecule has 27 heavy (non-hydrogen) atoms. The van der Waals surface area contributed by atoms with Crippen LogP contribution >= 0.6 is 23.4 Å². The number of amides is 2. The lowest BCUT2D eigenvalue weighted by Crippen LogP contribution is -2.48. The molecular formula is C21H25ClN2O2S. The maximum atomic E-state index is 12.9. The van der Waals surface area contributed by atoms with Crippen molar-refractivity contribution in [1.82, 2.24) is 10.2 Å². The van der Waals surface area contributed by atoms with Crippen LogP contribution in [0.1, 0.15) is 25.0 Å². The molecule has 0 aliphatic carbocycles. The van der Waals surface area contributed by atoms with E-state index in [0.717, 1.165) is 16.0 Å². The Kier molecular flexibility index (Phi) is 8.20. The van der Waals surface area contributed by atoms with Gasteiger partial charge in [0.15, 0.2) is 0 Å². The van der Waals surface area contributed by atoms with E-state index < -0.39 is 6.04 Å². The Morgan fingerprint density at radius 1 is 1.11 bits per heavy atom. The molecule has 0 saturated heterocycles.